The molecule has 5 heteroatoms. The Balaban J connectivity index is 2.07. The molecule has 2 aromatic carbocycles. The van der Waals surface area contributed by atoms with Gasteiger partial charge in [-0.25, -0.2) is 0 Å². The second-order valence-corrected chi connectivity index (χ2v) is 5.27. The smallest absolute Gasteiger partial charge is 0.259 e. The lowest BCUT2D eigenvalue weighted by Gasteiger charge is -2.12. The first-order valence-electron chi connectivity index (χ1n) is 8.06. The summed E-state index contributed by atoms with van der Waals surface area (Å²) in [5.74, 6) is 0.361. The van der Waals surface area contributed by atoms with E-state index in [0.717, 1.165) is 24.3 Å². The predicted molar refractivity (Wildman–Crippen MR) is 95.6 cm³/mol. The van der Waals surface area contributed by atoms with E-state index in [4.69, 9.17) is 9.47 Å². The average molecular weight is 328 g/mol. The zero-order valence-electron chi connectivity index (χ0n) is 14.2. The number of para-hydroxylation sites is 1. The van der Waals surface area contributed by atoms with Crippen LogP contribution in [-0.2, 0) is 11.3 Å². The first kappa shape index (κ1) is 18.0. The zero-order chi connectivity index (χ0) is 17.2. The minimum Gasteiger partial charge on any atom is -0.490 e. The van der Waals surface area contributed by atoms with Crippen LogP contribution in [0, 0.1) is 0 Å². The molecule has 0 aliphatic rings. The van der Waals surface area contributed by atoms with Crippen molar-refractivity contribution in [3.63, 3.8) is 0 Å². The summed E-state index contributed by atoms with van der Waals surface area (Å²) in [6, 6.07) is 15.0. The molecule has 0 aliphatic heterocycles. The number of carbonyl (C=O) groups is 1. The number of anilines is 1. The van der Waals surface area contributed by atoms with Gasteiger partial charge in [0.1, 0.15) is 12.4 Å². The number of rotatable bonds is 9. The molecule has 2 aromatic rings. The van der Waals surface area contributed by atoms with E-state index in [2.05, 4.69) is 17.6 Å². The Morgan fingerprint density at radius 1 is 1.08 bits per heavy atom. The lowest BCUT2D eigenvalue weighted by molar-refractivity contribution is 0.101. The maximum atomic E-state index is 12.6. The topological polar surface area (TPSA) is 59.6 Å². The van der Waals surface area contributed by atoms with Crippen LogP contribution in [0.3, 0.4) is 0 Å². The second-order valence-electron chi connectivity index (χ2n) is 5.27. The Bertz CT molecular complexity index is 659. The molecule has 0 bridgehead atoms. The van der Waals surface area contributed by atoms with Gasteiger partial charge in [0.05, 0.1) is 12.2 Å². The van der Waals surface area contributed by atoms with E-state index in [9.17, 15) is 4.79 Å². The Morgan fingerprint density at radius 3 is 2.71 bits per heavy atom. The number of hydrogen-bond donors (Lipinski definition) is 2. The number of ether oxygens (including phenoxy) is 2. The average Bonchev–Trinajstić information content (AvgIpc) is 2.61. The third-order valence-corrected chi connectivity index (χ3v) is 3.44. The summed E-state index contributed by atoms with van der Waals surface area (Å²) in [5, 5.41) is 6.20. The standard InChI is InChI=1S/C19H24N2O3/c1-3-20-14-15-7-6-8-16(13-15)21-19(22)17-9-4-5-10-18(17)24-12-11-23-2/h4-10,13,20H,3,11-12,14H2,1-2H3,(H,21,22). The fourth-order valence-corrected chi connectivity index (χ4v) is 2.24. The molecule has 0 fully saturated rings. The summed E-state index contributed by atoms with van der Waals surface area (Å²) in [7, 11) is 1.61. The zero-order valence-corrected chi connectivity index (χ0v) is 14.2. The van der Waals surface area contributed by atoms with E-state index in [1.807, 2.05) is 36.4 Å². The van der Waals surface area contributed by atoms with Gasteiger partial charge in [0, 0.05) is 19.3 Å². The van der Waals surface area contributed by atoms with Gasteiger partial charge in [-0.15, -0.1) is 0 Å². The van der Waals surface area contributed by atoms with Crippen LogP contribution in [0.5, 0.6) is 5.75 Å². The summed E-state index contributed by atoms with van der Waals surface area (Å²) >= 11 is 0. The number of carbonyl (C=O) groups excluding carboxylic acids is 1. The van der Waals surface area contributed by atoms with Crippen LogP contribution in [0.25, 0.3) is 0 Å². The van der Waals surface area contributed by atoms with Gasteiger partial charge in [0.15, 0.2) is 0 Å². The van der Waals surface area contributed by atoms with Crippen molar-refractivity contribution in [2.75, 3.05) is 32.2 Å². The maximum absolute atomic E-state index is 12.6. The summed E-state index contributed by atoms with van der Waals surface area (Å²) in [6.07, 6.45) is 0. The van der Waals surface area contributed by atoms with E-state index in [0.29, 0.717) is 24.5 Å². The Morgan fingerprint density at radius 2 is 1.92 bits per heavy atom. The summed E-state index contributed by atoms with van der Waals surface area (Å²) in [4.78, 5) is 12.6. The van der Waals surface area contributed by atoms with Gasteiger partial charge in [0.25, 0.3) is 5.91 Å². The van der Waals surface area contributed by atoms with Crippen LogP contribution >= 0.6 is 0 Å². The van der Waals surface area contributed by atoms with E-state index in [-0.39, 0.29) is 5.91 Å². The third kappa shape index (κ3) is 5.37. The van der Waals surface area contributed by atoms with Crippen LogP contribution in [0.2, 0.25) is 0 Å². The van der Waals surface area contributed by atoms with E-state index in [1.165, 1.54) is 0 Å². The fourth-order valence-electron chi connectivity index (χ4n) is 2.24. The third-order valence-electron chi connectivity index (χ3n) is 3.44. The quantitative estimate of drug-likeness (QED) is 0.695. The van der Waals surface area contributed by atoms with Crippen molar-refractivity contribution in [2.45, 2.75) is 13.5 Å². The summed E-state index contributed by atoms with van der Waals surface area (Å²) < 4.78 is 10.6. The molecule has 0 heterocycles. The van der Waals surface area contributed by atoms with Crippen molar-refractivity contribution in [1.82, 2.24) is 5.32 Å². The van der Waals surface area contributed by atoms with Crippen molar-refractivity contribution in [3.8, 4) is 5.75 Å². The Labute approximate surface area is 143 Å². The molecule has 0 unspecified atom stereocenters. The minimum absolute atomic E-state index is 0.191. The Kier molecular flexibility index (Phi) is 7.26. The lowest BCUT2D eigenvalue weighted by atomic mass is 10.1. The van der Waals surface area contributed by atoms with Crippen molar-refractivity contribution >= 4 is 11.6 Å². The summed E-state index contributed by atoms with van der Waals surface area (Å²) in [5.41, 5.74) is 2.40. The molecule has 2 rings (SSSR count). The van der Waals surface area contributed by atoms with Crippen LogP contribution < -0.4 is 15.4 Å². The van der Waals surface area contributed by atoms with E-state index < -0.39 is 0 Å². The second kappa shape index (κ2) is 9.70. The molecule has 0 atom stereocenters. The molecule has 128 valence electrons. The Hall–Kier alpha value is -2.37. The molecular weight excluding hydrogens is 304 g/mol. The van der Waals surface area contributed by atoms with Crippen molar-refractivity contribution in [2.24, 2.45) is 0 Å². The summed E-state index contributed by atoms with van der Waals surface area (Å²) in [6.45, 7) is 4.62. The molecule has 0 aliphatic carbocycles. The molecule has 0 radical (unpaired) electrons. The molecule has 0 aromatic heterocycles. The van der Waals surface area contributed by atoms with Gasteiger partial charge in [-0.05, 0) is 36.4 Å². The molecular formula is C19H24N2O3. The molecule has 1 amide bonds. The van der Waals surface area contributed by atoms with E-state index in [1.54, 1.807) is 19.2 Å². The molecule has 2 N–H and O–H groups in total. The van der Waals surface area contributed by atoms with Crippen LogP contribution in [0.15, 0.2) is 48.5 Å². The van der Waals surface area contributed by atoms with E-state index >= 15 is 0 Å². The van der Waals surface area contributed by atoms with Crippen molar-refractivity contribution in [3.05, 3.63) is 59.7 Å². The fraction of sp³-hybridized carbons (Fsp3) is 0.316. The van der Waals surface area contributed by atoms with Gasteiger partial charge < -0.3 is 20.1 Å². The number of benzene rings is 2. The number of nitrogens with one attached hydrogen (secondary N) is 2. The largest absolute Gasteiger partial charge is 0.490 e. The molecule has 0 spiro atoms. The SMILES string of the molecule is CCNCc1cccc(NC(=O)c2ccccc2OCCOC)c1. The maximum Gasteiger partial charge on any atom is 0.259 e. The van der Waals surface area contributed by atoms with Gasteiger partial charge in [-0.1, -0.05) is 31.2 Å². The molecule has 0 saturated heterocycles. The van der Waals surface area contributed by atoms with Crippen LogP contribution in [0.4, 0.5) is 5.69 Å². The lowest BCUT2D eigenvalue weighted by Crippen LogP contribution is -2.15. The van der Waals surface area contributed by atoms with Gasteiger partial charge in [-0.3, -0.25) is 4.79 Å². The monoisotopic (exact) mass is 328 g/mol. The first-order chi connectivity index (χ1) is 11.7. The number of methoxy groups -OCH3 is 1. The highest BCUT2D eigenvalue weighted by Crippen LogP contribution is 2.20. The highest BCUT2D eigenvalue weighted by Gasteiger charge is 2.12. The molecule has 0 saturated carbocycles. The normalized spacial score (nSPS) is 10.4. The number of amides is 1. The van der Waals surface area contributed by atoms with Crippen LogP contribution in [-0.4, -0.2) is 32.8 Å². The van der Waals surface area contributed by atoms with Crippen molar-refractivity contribution in [1.29, 1.82) is 0 Å². The highest BCUT2D eigenvalue weighted by atomic mass is 16.5. The van der Waals surface area contributed by atoms with Crippen molar-refractivity contribution < 1.29 is 14.3 Å². The van der Waals surface area contributed by atoms with Gasteiger partial charge >= 0.3 is 0 Å². The van der Waals surface area contributed by atoms with Gasteiger partial charge in [0.2, 0.25) is 0 Å². The minimum atomic E-state index is -0.191. The van der Waals surface area contributed by atoms with Crippen LogP contribution in [0.1, 0.15) is 22.8 Å². The molecule has 5 nitrogen and oxygen atoms in total. The highest BCUT2D eigenvalue weighted by molar-refractivity contribution is 6.06. The molecule has 24 heavy (non-hydrogen) atoms. The predicted octanol–water partition coefficient (Wildman–Crippen LogP) is 3.07. The number of hydrogen-bond acceptors (Lipinski definition) is 4. The first-order valence-corrected chi connectivity index (χ1v) is 8.06. The van der Waals surface area contributed by atoms with Gasteiger partial charge in [-0.2, -0.15) is 0 Å².